The van der Waals surface area contributed by atoms with Crippen LogP contribution in [-0.4, -0.2) is 23.0 Å². The van der Waals surface area contributed by atoms with E-state index in [0.717, 1.165) is 37.0 Å². The Hall–Kier alpha value is -2.48. The summed E-state index contributed by atoms with van der Waals surface area (Å²) in [6.45, 7) is 1.75. The number of hydrogen-bond acceptors (Lipinski definition) is 4. The van der Waals surface area contributed by atoms with Crippen molar-refractivity contribution in [2.45, 2.75) is 45.1 Å². The third kappa shape index (κ3) is 4.78. The molecule has 0 bridgehead atoms. The highest BCUT2D eigenvalue weighted by molar-refractivity contribution is 7.17. The van der Waals surface area contributed by atoms with Crippen LogP contribution in [0.4, 0.5) is 20.0 Å². The second kappa shape index (κ2) is 8.27. The van der Waals surface area contributed by atoms with E-state index in [1.165, 1.54) is 30.7 Å². The number of benzene rings is 1. The monoisotopic (exact) mass is 376 g/mol. The van der Waals surface area contributed by atoms with E-state index in [4.69, 9.17) is 0 Å². The number of halogens is 1. The van der Waals surface area contributed by atoms with Gasteiger partial charge in [0.25, 0.3) is 5.91 Å². The topological polar surface area (TPSA) is 83.1 Å². The van der Waals surface area contributed by atoms with Crippen molar-refractivity contribution < 1.29 is 14.0 Å². The second-order valence-corrected chi connectivity index (χ2v) is 7.33. The van der Waals surface area contributed by atoms with Crippen LogP contribution in [0, 0.1) is 12.7 Å². The lowest BCUT2D eigenvalue weighted by molar-refractivity contribution is 0.0931. The smallest absolute Gasteiger partial charge is 0.325 e. The highest BCUT2D eigenvalue weighted by Crippen LogP contribution is 2.24. The molecule has 0 aliphatic heterocycles. The number of rotatable bonds is 4. The molecular formula is C18H21FN4O2S. The fraction of sp³-hybridized carbons (Fsp3) is 0.389. The maximum atomic E-state index is 12.9. The Kier molecular flexibility index (Phi) is 5.82. The summed E-state index contributed by atoms with van der Waals surface area (Å²) in [7, 11) is 0. The zero-order chi connectivity index (χ0) is 18.5. The largest absolute Gasteiger partial charge is 0.349 e. The molecule has 1 saturated carbocycles. The lowest BCUT2D eigenvalue weighted by Crippen LogP contribution is -2.36. The molecule has 1 aliphatic rings. The van der Waals surface area contributed by atoms with E-state index < -0.39 is 6.03 Å². The van der Waals surface area contributed by atoms with Crippen LogP contribution in [0.25, 0.3) is 0 Å². The summed E-state index contributed by atoms with van der Waals surface area (Å²) in [5, 5.41) is 8.60. The van der Waals surface area contributed by atoms with E-state index in [2.05, 4.69) is 20.9 Å². The van der Waals surface area contributed by atoms with Gasteiger partial charge < -0.3 is 10.6 Å². The summed E-state index contributed by atoms with van der Waals surface area (Å²) in [5.41, 5.74) is 1.05. The molecule has 3 rings (SSSR count). The van der Waals surface area contributed by atoms with Gasteiger partial charge in [0.1, 0.15) is 10.7 Å². The van der Waals surface area contributed by atoms with Gasteiger partial charge in [0.2, 0.25) is 0 Å². The zero-order valence-corrected chi connectivity index (χ0v) is 15.3. The Morgan fingerprint density at radius 1 is 1.12 bits per heavy atom. The minimum atomic E-state index is -0.496. The molecule has 1 heterocycles. The van der Waals surface area contributed by atoms with Gasteiger partial charge in [-0.05, 0) is 44.0 Å². The first kappa shape index (κ1) is 18.3. The molecule has 1 aromatic heterocycles. The molecule has 0 saturated heterocycles. The van der Waals surface area contributed by atoms with E-state index >= 15 is 0 Å². The summed E-state index contributed by atoms with van der Waals surface area (Å²) in [5.74, 6) is -0.515. The van der Waals surface area contributed by atoms with Gasteiger partial charge in [0.05, 0.1) is 5.69 Å². The number of thiazole rings is 1. The number of nitrogens with one attached hydrogen (secondary N) is 3. The van der Waals surface area contributed by atoms with Crippen molar-refractivity contribution in [2.75, 3.05) is 10.6 Å². The molecule has 26 heavy (non-hydrogen) atoms. The Morgan fingerprint density at radius 2 is 1.81 bits per heavy atom. The van der Waals surface area contributed by atoms with Crippen molar-refractivity contribution in [1.29, 1.82) is 0 Å². The van der Waals surface area contributed by atoms with Crippen LogP contribution in [0.2, 0.25) is 0 Å². The molecule has 1 aromatic carbocycles. The van der Waals surface area contributed by atoms with Crippen molar-refractivity contribution in [1.82, 2.24) is 10.3 Å². The van der Waals surface area contributed by atoms with Gasteiger partial charge in [-0.15, -0.1) is 0 Å². The highest BCUT2D eigenvalue weighted by Gasteiger charge is 2.21. The van der Waals surface area contributed by atoms with Gasteiger partial charge >= 0.3 is 6.03 Å². The average Bonchev–Trinajstić information content (AvgIpc) is 2.98. The fourth-order valence-corrected chi connectivity index (χ4v) is 3.82. The van der Waals surface area contributed by atoms with Crippen LogP contribution in [0.1, 0.15) is 47.5 Å². The number of amides is 3. The molecular weight excluding hydrogens is 355 g/mol. The third-order valence-corrected chi connectivity index (χ3v) is 5.34. The van der Waals surface area contributed by atoms with Crippen molar-refractivity contribution in [3.05, 3.63) is 40.7 Å². The number of aryl methyl sites for hydroxylation is 1. The SMILES string of the molecule is Cc1nc(NC(=O)Nc2ccc(F)cc2)sc1C(=O)NC1CCCCC1. The Bertz CT molecular complexity index is 785. The second-order valence-electron chi connectivity index (χ2n) is 6.33. The number of hydrogen-bond donors (Lipinski definition) is 3. The average molecular weight is 376 g/mol. The number of carbonyl (C=O) groups excluding carboxylic acids is 2. The Balaban J connectivity index is 1.59. The molecule has 1 aliphatic carbocycles. The first-order valence-corrected chi connectivity index (χ1v) is 9.45. The molecule has 3 amide bonds. The maximum Gasteiger partial charge on any atom is 0.325 e. The first-order valence-electron chi connectivity index (χ1n) is 8.63. The highest BCUT2D eigenvalue weighted by atomic mass is 32.1. The van der Waals surface area contributed by atoms with Crippen LogP contribution >= 0.6 is 11.3 Å². The number of anilines is 2. The predicted molar refractivity (Wildman–Crippen MR) is 100 cm³/mol. The Morgan fingerprint density at radius 3 is 2.50 bits per heavy atom. The van der Waals surface area contributed by atoms with Gasteiger partial charge in [-0.2, -0.15) is 0 Å². The Labute approximate surface area is 155 Å². The van der Waals surface area contributed by atoms with Crippen molar-refractivity contribution >= 4 is 34.1 Å². The van der Waals surface area contributed by atoms with Crippen molar-refractivity contribution in [3.63, 3.8) is 0 Å². The summed E-state index contributed by atoms with van der Waals surface area (Å²) in [6, 6.07) is 5.17. The van der Waals surface area contributed by atoms with E-state index in [0.29, 0.717) is 21.4 Å². The fourth-order valence-electron chi connectivity index (χ4n) is 2.95. The predicted octanol–water partition coefficient (Wildman–Crippen LogP) is 4.30. The molecule has 1 fully saturated rings. The van der Waals surface area contributed by atoms with Gasteiger partial charge in [-0.1, -0.05) is 30.6 Å². The molecule has 0 spiro atoms. The zero-order valence-electron chi connectivity index (χ0n) is 14.5. The van der Waals surface area contributed by atoms with Crippen molar-refractivity contribution in [3.8, 4) is 0 Å². The van der Waals surface area contributed by atoms with Crippen LogP contribution in [0.3, 0.4) is 0 Å². The summed E-state index contributed by atoms with van der Waals surface area (Å²) in [6.07, 6.45) is 5.53. The van der Waals surface area contributed by atoms with Gasteiger partial charge in [-0.3, -0.25) is 10.1 Å². The van der Waals surface area contributed by atoms with E-state index in [-0.39, 0.29) is 17.8 Å². The van der Waals surface area contributed by atoms with Gasteiger partial charge in [-0.25, -0.2) is 14.2 Å². The van der Waals surface area contributed by atoms with Crippen molar-refractivity contribution in [2.24, 2.45) is 0 Å². The molecule has 0 radical (unpaired) electrons. The standard InChI is InChI=1S/C18H21FN4O2S/c1-11-15(16(24)21-13-5-3-2-4-6-13)26-18(20-11)23-17(25)22-14-9-7-12(19)8-10-14/h7-10,13H,2-6H2,1H3,(H,21,24)(H2,20,22,23,25). The van der Waals surface area contributed by atoms with E-state index in [9.17, 15) is 14.0 Å². The lowest BCUT2D eigenvalue weighted by atomic mass is 9.95. The first-order chi connectivity index (χ1) is 12.5. The number of aromatic nitrogens is 1. The summed E-state index contributed by atoms with van der Waals surface area (Å²) in [4.78, 5) is 29.2. The summed E-state index contributed by atoms with van der Waals surface area (Å²) < 4.78 is 12.9. The minimum absolute atomic E-state index is 0.140. The third-order valence-electron chi connectivity index (χ3n) is 4.27. The number of carbonyl (C=O) groups is 2. The summed E-state index contributed by atoms with van der Waals surface area (Å²) >= 11 is 1.14. The molecule has 3 N–H and O–H groups in total. The molecule has 138 valence electrons. The van der Waals surface area contributed by atoms with Gasteiger partial charge in [0.15, 0.2) is 5.13 Å². The molecule has 8 heteroatoms. The minimum Gasteiger partial charge on any atom is -0.349 e. The van der Waals surface area contributed by atoms with Crippen LogP contribution in [-0.2, 0) is 0 Å². The van der Waals surface area contributed by atoms with Crippen LogP contribution in [0.15, 0.2) is 24.3 Å². The van der Waals surface area contributed by atoms with E-state index in [1.54, 1.807) is 6.92 Å². The van der Waals surface area contributed by atoms with Gasteiger partial charge in [0, 0.05) is 11.7 Å². The lowest BCUT2D eigenvalue weighted by Gasteiger charge is -2.22. The normalized spacial score (nSPS) is 14.7. The number of urea groups is 1. The molecule has 2 aromatic rings. The van der Waals surface area contributed by atoms with Crippen LogP contribution < -0.4 is 16.0 Å². The van der Waals surface area contributed by atoms with Crippen LogP contribution in [0.5, 0.6) is 0 Å². The number of nitrogens with zero attached hydrogens (tertiary/aromatic N) is 1. The quantitative estimate of drug-likeness (QED) is 0.744. The molecule has 0 atom stereocenters. The maximum absolute atomic E-state index is 12.9. The molecule has 6 nitrogen and oxygen atoms in total. The molecule has 0 unspecified atom stereocenters. The van der Waals surface area contributed by atoms with E-state index in [1.807, 2.05) is 0 Å².